The number of halogens is 3. The van der Waals surface area contributed by atoms with Crippen molar-refractivity contribution in [1.82, 2.24) is 9.97 Å². The summed E-state index contributed by atoms with van der Waals surface area (Å²) < 4.78 is 45.4. The molecule has 2 amide bonds. The Balaban J connectivity index is 1.61. The van der Waals surface area contributed by atoms with E-state index in [9.17, 15) is 18.0 Å². The first kappa shape index (κ1) is 21.0. The minimum Gasteiger partial charge on any atom is -0.494 e. The van der Waals surface area contributed by atoms with Crippen LogP contribution in [0.15, 0.2) is 54.7 Å². The van der Waals surface area contributed by atoms with E-state index in [1.54, 1.807) is 41.4 Å². The van der Waals surface area contributed by atoms with Gasteiger partial charge in [0.15, 0.2) is 5.82 Å². The number of carbonyl (C=O) groups is 1. The highest BCUT2D eigenvalue weighted by Gasteiger charge is 2.42. The number of nitrogens with one attached hydrogen (secondary N) is 1. The number of ether oxygens (including phenoxy) is 1. The van der Waals surface area contributed by atoms with E-state index in [-0.39, 0.29) is 17.3 Å². The van der Waals surface area contributed by atoms with Crippen LogP contribution in [0.25, 0.3) is 11.3 Å². The van der Waals surface area contributed by atoms with Gasteiger partial charge in [-0.15, -0.1) is 0 Å². The van der Waals surface area contributed by atoms with Crippen LogP contribution in [0.1, 0.15) is 12.0 Å². The van der Waals surface area contributed by atoms with Crippen molar-refractivity contribution in [3.63, 3.8) is 0 Å². The fraction of sp³-hybridized carbons (Fsp3) is 0.261. The van der Waals surface area contributed by atoms with E-state index >= 15 is 0 Å². The van der Waals surface area contributed by atoms with Gasteiger partial charge in [-0.05, 0) is 30.7 Å². The van der Waals surface area contributed by atoms with Gasteiger partial charge in [0.2, 0.25) is 0 Å². The molecule has 170 valence electrons. The zero-order valence-corrected chi connectivity index (χ0v) is 17.6. The van der Waals surface area contributed by atoms with E-state index in [1.807, 2.05) is 0 Å². The van der Waals surface area contributed by atoms with Gasteiger partial charge in [-0.3, -0.25) is 10.2 Å². The average molecular weight is 455 g/mol. The summed E-state index contributed by atoms with van der Waals surface area (Å²) in [5, 5.41) is 2.79. The molecule has 1 unspecified atom stereocenters. The summed E-state index contributed by atoms with van der Waals surface area (Å²) in [6, 6.07) is 11.2. The predicted octanol–water partition coefficient (Wildman–Crippen LogP) is 4.80. The number of hydrogen-bond donors (Lipinski definition) is 1. The van der Waals surface area contributed by atoms with Crippen molar-refractivity contribution in [2.45, 2.75) is 18.6 Å². The van der Waals surface area contributed by atoms with Crippen LogP contribution < -0.4 is 19.9 Å². The summed E-state index contributed by atoms with van der Waals surface area (Å²) >= 11 is 0. The molecule has 1 aromatic carbocycles. The number of rotatable bonds is 3. The van der Waals surface area contributed by atoms with E-state index in [1.165, 1.54) is 13.2 Å². The average Bonchev–Trinajstić information content (AvgIpc) is 3.22. The maximum absolute atomic E-state index is 13.3. The van der Waals surface area contributed by atoms with Crippen LogP contribution in [0.4, 0.5) is 35.3 Å². The Morgan fingerprint density at radius 3 is 2.76 bits per heavy atom. The molecule has 1 N–H and O–H groups in total. The van der Waals surface area contributed by atoms with Crippen LogP contribution in [0, 0.1) is 0 Å². The van der Waals surface area contributed by atoms with Gasteiger partial charge in [0.25, 0.3) is 0 Å². The van der Waals surface area contributed by atoms with Crippen molar-refractivity contribution >= 4 is 23.4 Å². The molecule has 5 rings (SSSR count). The Morgan fingerprint density at radius 1 is 1.18 bits per heavy atom. The van der Waals surface area contributed by atoms with Crippen LogP contribution in [0.5, 0.6) is 5.75 Å². The van der Waals surface area contributed by atoms with Crippen molar-refractivity contribution in [3.05, 3.63) is 60.3 Å². The number of aromatic nitrogens is 2. The molecule has 2 bridgehead atoms. The number of benzene rings is 1. The second-order valence-corrected chi connectivity index (χ2v) is 7.86. The Labute approximate surface area is 187 Å². The number of hydrogen-bond acceptors (Lipinski definition) is 5. The molecule has 0 aliphatic carbocycles. The molecule has 2 aromatic heterocycles. The topological polar surface area (TPSA) is 70.6 Å². The van der Waals surface area contributed by atoms with Crippen molar-refractivity contribution in [1.29, 1.82) is 0 Å². The number of methoxy groups -OCH3 is 1. The monoisotopic (exact) mass is 455 g/mol. The third kappa shape index (κ3) is 3.81. The molecule has 1 fully saturated rings. The first-order chi connectivity index (χ1) is 15.8. The molecule has 10 heteroatoms. The number of pyridine rings is 2. The number of urea groups is 1. The van der Waals surface area contributed by atoms with Gasteiger partial charge >= 0.3 is 12.2 Å². The van der Waals surface area contributed by atoms with Gasteiger partial charge in [0, 0.05) is 30.9 Å². The molecule has 3 aromatic rings. The number of nitrogens with zero attached hydrogens (tertiary/aromatic N) is 4. The molecular formula is C23H20F3N5O2. The molecule has 0 spiro atoms. The Hall–Kier alpha value is -3.82. The second-order valence-electron chi connectivity index (χ2n) is 7.86. The number of anilines is 3. The van der Waals surface area contributed by atoms with Gasteiger partial charge in [-0.1, -0.05) is 18.2 Å². The summed E-state index contributed by atoms with van der Waals surface area (Å²) in [5.41, 5.74) is 0.448. The fourth-order valence-corrected chi connectivity index (χ4v) is 4.32. The highest BCUT2D eigenvalue weighted by Crippen LogP contribution is 2.46. The summed E-state index contributed by atoms with van der Waals surface area (Å²) in [5.74, 6) is 1.19. The van der Waals surface area contributed by atoms with E-state index in [2.05, 4.69) is 20.2 Å². The van der Waals surface area contributed by atoms with Crippen LogP contribution in [0.2, 0.25) is 0 Å². The Kier molecular flexibility index (Phi) is 5.07. The van der Waals surface area contributed by atoms with Gasteiger partial charge in [0.05, 0.1) is 24.4 Å². The molecule has 0 radical (unpaired) electrons. The third-order valence-corrected chi connectivity index (χ3v) is 5.84. The summed E-state index contributed by atoms with van der Waals surface area (Å²) in [7, 11) is 1.49. The first-order valence-electron chi connectivity index (χ1n) is 10.4. The second kappa shape index (κ2) is 7.95. The third-order valence-electron chi connectivity index (χ3n) is 5.84. The largest absolute Gasteiger partial charge is 0.494 e. The molecule has 4 heterocycles. The summed E-state index contributed by atoms with van der Waals surface area (Å²) in [4.78, 5) is 25.7. The number of alkyl halides is 3. The molecule has 33 heavy (non-hydrogen) atoms. The van der Waals surface area contributed by atoms with Crippen LogP contribution in [0.3, 0.4) is 0 Å². The number of amides is 2. The summed E-state index contributed by atoms with van der Waals surface area (Å²) in [6.45, 7) is 1.33. The minimum atomic E-state index is -4.48. The molecular weight excluding hydrogens is 435 g/mol. The Morgan fingerprint density at radius 2 is 2.03 bits per heavy atom. The highest BCUT2D eigenvalue weighted by molar-refractivity contribution is 6.05. The lowest BCUT2D eigenvalue weighted by Gasteiger charge is -2.36. The smallest absolute Gasteiger partial charge is 0.416 e. The standard InChI is InChI=1S/C23H20F3N5O2/c1-33-18-12-17(14-5-4-6-15(11-14)23(24,25)26)28-21-20(18)30-10-8-16(13-30)31(21)22(32)29-19-7-2-3-9-27-19/h2-7,9,11-12,16H,8,10,13H2,1H3,(H,27,29,32). The van der Waals surface area contributed by atoms with Gasteiger partial charge < -0.3 is 9.64 Å². The quantitative estimate of drug-likeness (QED) is 0.614. The maximum Gasteiger partial charge on any atom is 0.416 e. The van der Waals surface area contributed by atoms with E-state index in [0.29, 0.717) is 36.2 Å². The lowest BCUT2D eigenvalue weighted by molar-refractivity contribution is -0.137. The van der Waals surface area contributed by atoms with Gasteiger partial charge in [0.1, 0.15) is 17.3 Å². The zero-order valence-electron chi connectivity index (χ0n) is 17.6. The highest BCUT2D eigenvalue weighted by atomic mass is 19.4. The van der Waals surface area contributed by atoms with E-state index in [0.717, 1.165) is 18.6 Å². The van der Waals surface area contributed by atoms with Gasteiger partial charge in [-0.2, -0.15) is 13.2 Å². The predicted molar refractivity (Wildman–Crippen MR) is 118 cm³/mol. The minimum absolute atomic E-state index is 0.129. The first-order valence-corrected chi connectivity index (χ1v) is 10.4. The zero-order chi connectivity index (χ0) is 23.2. The maximum atomic E-state index is 13.3. The van der Waals surface area contributed by atoms with Gasteiger partial charge in [-0.25, -0.2) is 14.8 Å². The van der Waals surface area contributed by atoms with Crippen molar-refractivity contribution in [2.75, 3.05) is 35.3 Å². The molecule has 2 aliphatic rings. The lowest BCUT2D eigenvalue weighted by Crippen LogP contribution is -2.48. The van der Waals surface area contributed by atoms with Crippen LogP contribution in [-0.2, 0) is 6.18 Å². The van der Waals surface area contributed by atoms with Crippen molar-refractivity contribution in [2.24, 2.45) is 0 Å². The lowest BCUT2D eigenvalue weighted by atomic mass is 10.1. The molecule has 7 nitrogen and oxygen atoms in total. The molecule has 2 aliphatic heterocycles. The van der Waals surface area contributed by atoms with E-state index < -0.39 is 17.8 Å². The molecule has 1 atom stereocenters. The van der Waals surface area contributed by atoms with Crippen LogP contribution >= 0.6 is 0 Å². The van der Waals surface area contributed by atoms with Crippen molar-refractivity contribution < 1.29 is 22.7 Å². The van der Waals surface area contributed by atoms with E-state index in [4.69, 9.17) is 4.74 Å². The molecule has 0 saturated carbocycles. The van der Waals surface area contributed by atoms with Crippen molar-refractivity contribution in [3.8, 4) is 17.0 Å². The number of carbonyl (C=O) groups excluding carboxylic acids is 1. The van der Waals surface area contributed by atoms with Crippen LogP contribution in [-0.4, -0.2) is 42.2 Å². The fourth-order valence-electron chi connectivity index (χ4n) is 4.32. The SMILES string of the molecule is COc1cc(-c2cccc(C(F)(F)F)c2)nc2c1N1CCC(C1)N2C(=O)Nc1ccccn1. The molecule has 1 saturated heterocycles. The Bertz CT molecular complexity index is 1200. The normalized spacial score (nSPS) is 17.0. The number of fused-ring (bicyclic) bond motifs is 4. The summed E-state index contributed by atoms with van der Waals surface area (Å²) in [6.07, 6.45) is -2.17.